The molecule has 0 aliphatic rings. The molecule has 0 atom stereocenters. The first-order chi connectivity index (χ1) is 13.3. The number of rotatable bonds is 5. The fraction of sp³-hybridized carbons (Fsp3) is 0.267. The van der Waals surface area contributed by atoms with Gasteiger partial charge in [0, 0.05) is 0 Å². The van der Waals surface area contributed by atoms with Crippen LogP contribution in [0.5, 0.6) is 5.75 Å². The zero-order valence-electron chi connectivity index (χ0n) is 14.1. The molecule has 0 bridgehead atoms. The molecule has 14 heteroatoms. The Balaban J connectivity index is 2.91. The van der Waals surface area contributed by atoms with Crippen LogP contribution in [-0.2, 0) is 7.59 Å². The number of aromatic nitrogens is 3. The lowest BCUT2D eigenvalue weighted by molar-refractivity contribution is 0.0647. The van der Waals surface area contributed by atoms with Gasteiger partial charge in [-0.2, -0.15) is 0 Å². The molecular formula is C15H9Cl6N3O5. The molecular weight excluding hydrogens is 515 g/mol. The lowest BCUT2D eigenvalue weighted by atomic mass is 10.0. The third-order valence-corrected chi connectivity index (χ3v) is 4.29. The van der Waals surface area contributed by atoms with E-state index < -0.39 is 42.3 Å². The second-order valence-electron chi connectivity index (χ2n) is 5.21. The van der Waals surface area contributed by atoms with Crippen LogP contribution in [0, 0.1) is 0 Å². The molecule has 1 aromatic heterocycles. The summed E-state index contributed by atoms with van der Waals surface area (Å²) in [7, 11) is 0. The molecule has 2 rings (SSSR count). The largest absolute Gasteiger partial charge is 0.492 e. The summed E-state index contributed by atoms with van der Waals surface area (Å²) in [5.41, 5.74) is -1.17. The van der Waals surface area contributed by atoms with Gasteiger partial charge in [0.15, 0.2) is 17.5 Å². The van der Waals surface area contributed by atoms with Crippen LogP contribution in [0.1, 0.15) is 39.3 Å². The summed E-state index contributed by atoms with van der Waals surface area (Å²) < 4.78 is 1.11. The zero-order valence-corrected chi connectivity index (χ0v) is 18.6. The number of halogens is 6. The summed E-state index contributed by atoms with van der Waals surface area (Å²) in [6.45, 7) is 1.56. The van der Waals surface area contributed by atoms with Gasteiger partial charge in [-0.25, -0.2) is 24.5 Å². The van der Waals surface area contributed by atoms with Crippen molar-refractivity contribution in [1.29, 1.82) is 0 Å². The highest BCUT2D eigenvalue weighted by molar-refractivity contribution is 6.67. The minimum Gasteiger partial charge on any atom is -0.492 e. The molecule has 0 saturated carbocycles. The molecule has 29 heavy (non-hydrogen) atoms. The molecule has 0 fully saturated rings. The van der Waals surface area contributed by atoms with Crippen molar-refractivity contribution < 1.29 is 24.5 Å². The van der Waals surface area contributed by atoms with Gasteiger partial charge < -0.3 is 14.9 Å². The maximum Gasteiger partial charge on any atom is 0.340 e. The van der Waals surface area contributed by atoms with E-state index in [9.17, 15) is 19.8 Å². The summed E-state index contributed by atoms with van der Waals surface area (Å²) >= 11 is 35.0. The molecule has 0 aliphatic carbocycles. The summed E-state index contributed by atoms with van der Waals surface area (Å²) in [6, 6.07) is 2.26. The van der Waals surface area contributed by atoms with Gasteiger partial charge in [0.25, 0.3) is 0 Å². The summed E-state index contributed by atoms with van der Waals surface area (Å²) in [4.78, 5) is 35.0. The number of ether oxygens (including phenoxy) is 1. The topological polar surface area (TPSA) is 123 Å². The van der Waals surface area contributed by atoms with Crippen LogP contribution in [0.4, 0.5) is 0 Å². The maximum absolute atomic E-state index is 11.7. The van der Waals surface area contributed by atoms with Crippen molar-refractivity contribution in [2.24, 2.45) is 0 Å². The Kier molecular flexibility index (Phi) is 7.30. The van der Waals surface area contributed by atoms with Crippen molar-refractivity contribution in [3.8, 4) is 17.1 Å². The number of carbonyl (C=O) groups is 2. The molecule has 0 unspecified atom stereocenters. The number of carboxylic acid groups (broad SMARTS) is 2. The minimum absolute atomic E-state index is 0.00391. The average molecular weight is 524 g/mol. The summed E-state index contributed by atoms with van der Waals surface area (Å²) in [5.74, 6) is -4.42. The van der Waals surface area contributed by atoms with Gasteiger partial charge in [0.1, 0.15) is 11.3 Å². The molecule has 0 spiro atoms. The Bertz CT molecular complexity index is 942. The molecule has 0 aliphatic heterocycles. The molecule has 2 aromatic rings. The molecule has 1 aromatic carbocycles. The van der Waals surface area contributed by atoms with Crippen molar-refractivity contribution in [2.45, 2.75) is 14.5 Å². The third kappa shape index (κ3) is 5.45. The van der Waals surface area contributed by atoms with E-state index in [0.29, 0.717) is 0 Å². The Labute approximate surface area is 193 Å². The fourth-order valence-corrected chi connectivity index (χ4v) is 2.70. The SMILES string of the molecule is CCOc1c(-c2nc(C(Cl)(Cl)Cl)nc(C(Cl)(Cl)Cl)n2)ccc(C(=O)O)c1C(=O)O. The third-order valence-electron chi connectivity index (χ3n) is 3.27. The lowest BCUT2D eigenvalue weighted by Gasteiger charge is -2.18. The number of carboxylic acids is 2. The van der Waals surface area contributed by atoms with Crippen LogP contribution < -0.4 is 4.74 Å². The van der Waals surface area contributed by atoms with Crippen molar-refractivity contribution in [3.05, 3.63) is 34.9 Å². The van der Waals surface area contributed by atoms with Gasteiger partial charge in [-0.1, -0.05) is 69.6 Å². The van der Waals surface area contributed by atoms with Gasteiger partial charge in [0.2, 0.25) is 7.59 Å². The zero-order chi connectivity index (χ0) is 22.1. The molecule has 156 valence electrons. The lowest BCUT2D eigenvalue weighted by Crippen LogP contribution is -2.18. The van der Waals surface area contributed by atoms with Crippen LogP contribution >= 0.6 is 69.6 Å². The van der Waals surface area contributed by atoms with E-state index in [0.717, 1.165) is 6.07 Å². The van der Waals surface area contributed by atoms with E-state index in [1.165, 1.54) is 6.07 Å². The van der Waals surface area contributed by atoms with E-state index in [4.69, 9.17) is 74.3 Å². The quantitative estimate of drug-likeness (QED) is 0.526. The number of alkyl halides is 6. The first kappa shape index (κ1) is 24.0. The molecule has 0 radical (unpaired) electrons. The second-order valence-corrected chi connectivity index (χ2v) is 9.77. The molecule has 0 saturated heterocycles. The predicted octanol–water partition coefficient (Wildman–Crippen LogP) is 4.99. The van der Waals surface area contributed by atoms with E-state index in [1.54, 1.807) is 6.92 Å². The average Bonchev–Trinajstić information content (AvgIpc) is 2.59. The van der Waals surface area contributed by atoms with Crippen LogP contribution in [0.15, 0.2) is 12.1 Å². The van der Waals surface area contributed by atoms with Crippen molar-refractivity contribution in [2.75, 3.05) is 6.61 Å². The van der Waals surface area contributed by atoms with Gasteiger partial charge >= 0.3 is 11.9 Å². The van der Waals surface area contributed by atoms with E-state index in [2.05, 4.69) is 15.0 Å². The summed E-state index contributed by atoms with van der Waals surface area (Å²) in [5, 5.41) is 18.8. The number of benzene rings is 1. The Morgan fingerprint density at radius 3 is 1.83 bits per heavy atom. The van der Waals surface area contributed by atoms with Crippen molar-refractivity contribution in [3.63, 3.8) is 0 Å². The Hall–Kier alpha value is -1.29. The number of aromatic carboxylic acids is 2. The predicted molar refractivity (Wildman–Crippen MR) is 109 cm³/mol. The summed E-state index contributed by atoms with van der Waals surface area (Å²) in [6.07, 6.45) is 0. The fourth-order valence-electron chi connectivity index (χ4n) is 2.19. The highest BCUT2D eigenvalue weighted by Crippen LogP contribution is 2.42. The van der Waals surface area contributed by atoms with Crippen LogP contribution in [0.25, 0.3) is 11.4 Å². The van der Waals surface area contributed by atoms with Gasteiger partial charge in [-0.3, -0.25) is 0 Å². The molecule has 0 amide bonds. The number of hydrogen-bond donors (Lipinski definition) is 2. The van der Waals surface area contributed by atoms with Crippen LogP contribution in [-0.4, -0.2) is 43.7 Å². The molecule has 2 N–H and O–H groups in total. The molecule has 8 nitrogen and oxygen atoms in total. The number of nitrogens with zero attached hydrogens (tertiary/aromatic N) is 3. The van der Waals surface area contributed by atoms with Crippen LogP contribution in [0.2, 0.25) is 0 Å². The van der Waals surface area contributed by atoms with Crippen LogP contribution in [0.3, 0.4) is 0 Å². The first-order valence-corrected chi connectivity index (χ1v) is 9.71. The normalized spacial score (nSPS) is 12.0. The van der Waals surface area contributed by atoms with Crippen molar-refractivity contribution >= 4 is 81.5 Å². The monoisotopic (exact) mass is 521 g/mol. The van der Waals surface area contributed by atoms with Gasteiger partial charge in [-0.15, -0.1) is 0 Å². The number of hydrogen-bond acceptors (Lipinski definition) is 6. The highest BCUT2D eigenvalue weighted by atomic mass is 35.6. The minimum atomic E-state index is -2.13. The Morgan fingerprint density at radius 2 is 1.45 bits per heavy atom. The van der Waals surface area contributed by atoms with E-state index in [1.807, 2.05) is 0 Å². The van der Waals surface area contributed by atoms with Gasteiger partial charge in [0.05, 0.1) is 17.7 Å². The van der Waals surface area contributed by atoms with E-state index >= 15 is 0 Å². The van der Waals surface area contributed by atoms with E-state index in [-0.39, 0.29) is 23.7 Å². The van der Waals surface area contributed by atoms with Gasteiger partial charge in [-0.05, 0) is 19.1 Å². The first-order valence-electron chi connectivity index (χ1n) is 7.44. The second kappa shape index (κ2) is 8.83. The Morgan fingerprint density at radius 1 is 0.931 bits per heavy atom. The van der Waals surface area contributed by atoms with Crippen molar-refractivity contribution in [1.82, 2.24) is 15.0 Å². The highest BCUT2D eigenvalue weighted by Gasteiger charge is 2.35. The standard InChI is InChI=1S/C15H9Cl6N3O5/c1-2-29-8-6(4-3-5(10(25)26)7(8)11(27)28)9-22-12(14(16,17)18)24-13(23-9)15(19,20)21/h3-4H,2H2,1H3,(H,25,26)(H,27,28). The molecule has 1 heterocycles. The maximum atomic E-state index is 11.7. The smallest absolute Gasteiger partial charge is 0.340 e.